The number of amides is 1. The maximum Gasteiger partial charge on any atom is 0.276 e. The van der Waals surface area contributed by atoms with Gasteiger partial charge in [0.15, 0.2) is 5.69 Å². The molecule has 94 valence electrons. The van der Waals surface area contributed by atoms with Crippen LogP contribution in [0.5, 0.6) is 0 Å². The summed E-state index contributed by atoms with van der Waals surface area (Å²) in [7, 11) is 0. The Morgan fingerprint density at radius 3 is 2.59 bits per heavy atom. The van der Waals surface area contributed by atoms with Crippen molar-refractivity contribution in [3.8, 4) is 0 Å². The molecule has 0 aromatic carbocycles. The second kappa shape index (κ2) is 5.10. The number of piperazine rings is 1. The van der Waals surface area contributed by atoms with E-state index in [1.54, 1.807) is 13.0 Å². The van der Waals surface area contributed by atoms with Gasteiger partial charge in [-0.3, -0.25) is 9.69 Å². The first-order valence-electron chi connectivity index (χ1n) is 5.72. The molecule has 2 rings (SSSR count). The predicted molar refractivity (Wildman–Crippen MR) is 67.2 cm³/mol. The van der Waals surface area contributed by atoms with E-state index in [2.05, 4.69) is 22.7 Å². The number of rotatable bonds is 2. The van der Waals surface area contributed by atoms with E-state index in [1.165, 1.54) is 0 Å². The van der Waals surface area contributed by atoms with Crippen LogP contribution in [0.3, 0.4) is 0 Å². The zero-order valence-electron chi connectivity index (χ0n) is 10.1. The third kappa shape index (κ3) is 2.81. The van der Waals surface area contributed by atoms with Crippen LogP contribution in [0.2, 0.25) is 0 Å². The normalized spacial score (nSPS) is 19.4. The van der Waals surface area contributed by atoms with Crippen LogP contribution in [0.15, 0.2) is 10.6 Å². The highest BCUT2D eigenvalue weighted by Crippen LogP contribution is 2.12. The van der Waals surface area contributed by atoms with Crippen molar-refractivity contribution in [1.29, 1.82) is 0 Å². The molecule has 5 nitrogen and oxygen atoms in total. The van der Waals surface area contributed by atoms with Crippen LogP contribution >= 0.6 is 12.6 Å². The molecule has 1 unspecified atom stereocenters. The largest absolute Gasteiger partial charge is 0.361 e. The Bertz CT molecular complexity index is 397. The van der Waals surface area contributed by atoms with Gasteiger partial charge in [0.1, 0.15) is 5.76 Å². The number of aromatic nitrogens is 1. The molecule has 1 amide bonds. The second-order valence-corrected chi connectivity index (χ2v) is 5.03. The van der Waals surface area contributed by atoms with Crippen LogP contribution in [0.4, 0.5) is 0 Å². The van der Waals surface area contributed by atoms with Crippen molar-refractivity contribution in [2.24, 2.45) is 0 Å². The minimum Gasteiger partial charge on any atom is -0.361 e. The van der Waals surface area contributed by atoms with E-state index in [0.29, 0.717) is 11.5 Å². The van der Waals surface area contributed by atoms with Crippen LogP contribution in [0, 0.1) is 6.92 Å². The monoisotopic (exact) mass is 255 g/mol. The topological polar surface area (TPSA) is 49.6 Å². The molecule has 1 aliphatic heterocycles. The molecule has 1 saturated heterocycles. The Kier molecular flexibility index (Phi) is 3.73. The molecular weight excluding hydrogens is 238 g/mol. The molecule has 0 spiro atoms. The predicted octanol–water partition coefficient (Wildman–Crippen LogP) is 1.02. The van der Waals surface area contributed by atoms with E-state index in [1.807, 2.05) is 11.8 Å². The van der Waals surface area contributed by atoms with Gasteiger partial charge in [-0.2, -0.15) is 12.6 Å². The lowest BCUT2D eigenvalue weighted by molar-refractivity contribution is 0.0621. The van der Waals surface area contributed by atoms with Gasteiger partial charge >= 0.3 is 0 Å². The van der Waals surface area contributed by atoms with Crippen molar-refractivity contribution in [3.05, 3.63) is 17.5 Å². The summed E-state index contributed by atoms with van der Waals surface area (Å²) in [6.07, 6.45) is 0. The van der Waals surface area contributed by atoms with Crippen molar-refractivity contribution < 1.29 is 9.32 Å². The van der Waals surface area contributed by atoms with Crippen molar-refractivity contribution in [2.45, 2.75) is 19.2 Å². The van der Waals surface area contributed by atoms with E-state index < -0.39 is 0 Å². The van der Waals surface area contributed by atoms with E-state index in [4.69, 9.17) is 4.52 Å². The smallest absolute Gasteiger partial charge is 0.276 e. The Balaban J connectivity index is 1.95. The molecule has 0 bridgehead atoms. The summed E-state index contributed by atoms with van der Waals surface area (Å²) in [6.45, 7) is 6.97. The molecule has 0 saturated carbocycles. The number of thiol groups is 1. The summed E-state index contributed by atoms with van der Waals surface area (Å²) in [4.78, 5) is 16.1. The maximum absolute atomic E-state index is 12.1. The molecule has 0 radical (unpaired) electrons. The lowest BCUT2D eigenvalue weighted by atomic mass is 10.2. The molecule has 1 atom stereocenters. The number of hydrogen-bond acceptors (Lipinski definition) is 5. The molecular formula is C11H17N3O2S. The van der Waals surface area contributed by atoms with Gasteiger partial charge in [0.2, 0.25) is 0 Å². The first-order chi connectivity index (χ1) is 8.08. The molecule has 1 aliphatic rings. The minimum atomic E-state index is -0.0479. The van der Waals surface area contributed by atoms with Crippen molar-refractivity contribution in [2.75, 3.05) is 26.2 Å². The number of hydrogen-bond donors (Lipinski definition) is 1. The van der Waals surface area contributed by atoms with Crippen molar-refractivity contribution in [1.82, 2.24) is 15.0 Å². The van der Waals surface area contributed by atoms with Crippen LogP contribution in [-0.4, -0.2) is 52.4 Å². The molecule has 1 fully saturated rings. The van der Waals surface area contributed by atoms with Gasteiger partial charge in [0.25, 0.3) is 5.91 Å². The van der Waals surface area contributed by atoms with Gasteiger partial charge < -0.3 is 9.42 Å². The third-order valence-electron chi connectivity index (χ3n) is 2.98. The fraction of sp³-hybridized carbons (Fsp3) is 0.636. The Morgan fingerprint density at radius 2 is 2.12 bits per heavy atom. The number of carbonyl (C=O) groups excluding carboxylic acids is 1. The maximum atomic E-state index is 12.1. The lowest BCUT2D eigenvalue weighted by Gasteiger charge is -2.36. The summed E-state index contributed by atoms with van der Waals surface area (Å²) in [5.41, 5.74) is 0.398. The van der Waals surface area contributed by atoms with Crippen LogP contribution in [0.25, 0.3) is 0 Å². The minimum absolute atomic E-state index is 0.0479. The van der Waals surface area contributed by atoms with E-state index >= 15 is 0 Å². The Labute approximate surface area is 106 Å². The van der Waals surface area contributed by atoms with Gasteiger partial charge in [0.05, 0.1) is 5.37 Å². The number of carbonyl (C=O) groups is 1. The first kappa shape index (κ1) is 12.4. The van der Waals surface area contributed by atoms with Gasteiger partial charge in [0, 0.05) is 32.2 Å². The molecule has 0 aliphatic carbocycles. The average molecular weight is 255 g/mol. The van der Waals surface area contributed by atoms with Crippen LogP contribution < -0.4 is 0 Å². The van der Waals surface area contributed by atoms with Crippen LogP contribution in [0.1, 0.15) is 23.2 Å². The highest BCUT2D eigenvalue weighted by Gasteiger charge is 2.25. The van der Waals surface area contributed by atoms with E-state index in [0.717, 1.165) is 26.2 Å². The van der Waals surface area contributed by atoms with Gasteiger partial charge in [-0.25, -0.2) is 0 Å². The van der Waals surface area contributed by atoms with Crippen LogP contribution in [-0.2, 0) is 0 Å². The second-order valence-electron chi connectivity index (χ2n) is 4.28. The summed E-state index contributed by atoms with van der Waals surface area (Å²) >= 11 is 4.39. The van der Waals surface area contributed by atoms with Gasteiger partial charge in [-0.15, -0.1) is 0 Å². The summed E-state index contributed by atoms with van der Waals surface area (Å²) in [5.74, 6) is 0.615. The van der Waals surface area contributed by atoms with Crippen molar-refractivity contribution in [3.63, 3.8) is 0 Å². The fourth-order valence-corrected chi connectivity index (χ4v) is 2.16. The van der Waals surface area contributed by atoms with Crippen molar-refractivity contribution >= 4 is 18.5 Å². The zero-order valence-corrected chi connectivity index (χ0v) is 11.0. The highest BCUT2D eigenvalue weighted by atomic mass is 32.1. The molecule has 2 heterocycles. The molecule has 1 aromatic heterocycles. The molecule has 17 heavy (non-hydrogen) atoms. The van der Waals surface area contributed by atoms with E-state index in [9.17, 15) is 4.79 Å². The summed E-state index contributed by atoms with van der Waals surface area (Å²) in [6, 6.07) is 1.68. The summed E-state index contributed by atoms with van der Waals surface area (Å²) in [5, 5.41) is 3.99. The molecule has 6 heteroatoms. The Hall–Kier alpha value is -1.01. The zero-order chi connectivity index (χ0) is 12.4. The molecule has 0 N–H and O–H groups in total. The fourth-order valence-electron chi connectivity index (χ4n) is 1.93. The SMILES string of the molecule is Cc1cc(C(=O)N2CCN(C(C)S)CC2)no1. The van der Waals surface area contributed by atoms with E-state index in [-0.39, 0.29) is 11.3 Å². The highest BCUT2D eigenvalue weighted by molar-refractivity contribution is 7.80. The molecule has 1 aromatic rings. The Morgan fingerprint density at radius 1 is 1.47 bits per heavy atom. The summed E-state index contributed by atoms with van der Waals surface area (Å²) < 4.78 is 4.92. The van der Waals surface area contributed by atoms with Gasteiger partial charge in [-0.1, -0.05) is 5.16 Å². The standard InChI is InChI=1S/C11H17N3O2S/c1-8-7-10(12-16-8)11(15)14-5-3-13(4-6-14)9(2)17/h7,9,17H,3-6H2,1-2H3. The number of nitrogens with zero attached hydrogens (tertiary/aromatic N) is 3. The first-order valence-corrected chi connectivity index (χ1v) is 6.24. The quantitative estimate of drug-likeness (QED) is 0.802. The third-order valence-corrected chi connectivity index (χ3v) is 3.30. The lowest BCUT2D eigenvalue weighted by Crippen LogP contribution is -2.50. The van der Waals surface area contributed by atoms with Gasteiger partial charge in [-0.05, 0) is 13.8 Å². The average Bonchev–Trinajstić information content (AvgIpc) is 2.75. The number of aryl methyl sites for hydroxylation is 1.